The predicted molar refractivity (Wildman–Crippen MR) is 208 cm³/mol. The molecule has 0 aliphatic rings. The van der Waals surface area contributed by atoms with Crippen LogP contribution in [0.3, 0.4) is 0 Å². The minimum atomic E-state index is -1.81. The van der Waals surface area contributed by atoms with Crippen molar-refractivity contribution in [3.63, 3.8) is 0 Å². The number of carbonyl (C=O) groups excluding carboxylic acids is 4. The summed E-state index contributed by atoms with van der Waals surface area (Å²) in [6.07, 6.45) is -5.58. The summed E-state index contributed by atoms with van der Waals surface area (Å²) in [5, 5.41) is 14.7. The number of thiophene rings is 1. The van der Waals surface area contributed by atoms with Crippen LogP contribution in [0.1, 0.15) is 83.9 Å². The number of aryl methyl sites for hydroxylation is 1. The van der Waals surface area contributed by atoms with Crippen LogP contribution in [0.2, 0.25) is 0 Å². The van der Waals surface area contributed by atoms with E-state index in [1.165, 1.54) is 0 Å². The summed E-state index contributed by atoms with van der Waals surface area (Å²) in [5.41, 5.74) is -0.00331. The normalized spacial score (nSPS) is 12.1. The fourth-order valence-electron chi connectivity index (χ4n) is 4.95. The van der Waals surface area contributed by atoms with Gasteiger partial charge in [-0.25, -0.2) is 24.1 Å². The van der Waals surface area contributed by atoms with Gasteiger partial charge in [-0.15, -0.1) is 21.2 Å². The zero-order valence-corrected chi connectivity index (χ0v) is 33.4. The lowest BCUT2D eigenvalue weighted by molar-refractivity contribution is 0.0104. The molecule has 2 aromatic carbocycles. The third-order valence-corrected chi connectivity index (χ3v) is 8.01. The van der Waals surface area contributed by atoms with Gasteiger partial charge < -0.3 is 33.9 Å². The molecule has 0 unspecified atom stereocenters. The number of anilines is 1. The maximum atomic E-state index is 13.7. The van der Waals surface area contributed by atoms with E-state index in [1.54, 1.807) is 116 Å². The van der Waals surface area contributed by atoms with E-state index in [9.17, 15) is 29.1 Å². The molecular weight excluding hydrogens is 731 g/mol. The first kappa shape index (κ1) is 41.9. The fraction of sp³-hybridized carbons (Fsp3) is 0.385. The number of amides is 5. The Morgan fingerprint density at radius 1 is 0.782 bits per heavy atom. The van der Waals surface area contributed by atoms with Gasteiger partial charge in [0, 0.05) is 12.7 Å². The molecule has 4 rings (SSSR count). The lowest BCUT2D eigenvalue weighted by Crippen LogP contribution is -2.55. The molecule has 0 bridgehead atoms. The number of carbonyl (C=O) groups is 5. The number of hydrogen-bond acceptors (Lipinski definition) is 10. The van der Waals surface area contributed by atoms with Gasteiger partial charge in [-0.05, 0) is 115 Å². The second kappa shape index (κ2) is 16.6. The van der Waals surface area contributed by atoms with Gasteiger partial charge in [-0.3, -0.25) is 4.79 Å². The molecule has 55 heavy (non-hydrogen) atoms. The van der Waals surface area contributed by atoms with Crippen LogP contribution in [-0.4, -0.2) is 72.5 Å². The standard InChI is InChI=1S/C39H47N5O10S/c1-37(2,3)52-34(48)43(32(41-33(46)47)44(35(49)53-38(4,5)6)36(50)54-39(7,8)9)22-24-14-16-27(17-15-24)51-23-25-12-11-13-26(20-25)40-31(45)29-21-30-28(42(29)10)18-19-55-30/h11-21H,22-23H2,1-10H3,(H,40,45)(H,46,47). The van der Waals surface area contributed by atoms with E-state index in [-0.39, 0.29) is 17.4 Å². The van der Waals surface area contributed by atoms with Crippen LogP contribution >= 0.6 is 11.3 Å². The van der Waals surface area contributed by atoms with E-state index in [0.717, 1.165) is 20.7 Å². The third-order valence-electron chi connectivity index (χ3n) is 7.15. The Morgan fingerprint density at radius 2 is 1.36 bits per heavy atom. The lowest BCUT2D eigenvalue weighted by atomic mass is 10.2. The van der Waals surface area contributed by atoms with E-state index in [4.69, 9.17) is 18.9 Å². The average Bonchev–Trinajstić information content (AvgIpc) is 3.63. The van der Waals surface area contributed by atoms with Crippen molar-refractivity contribution in [1.82, 2.24) is 14.4 Å². The summed E-state index contributed by atoms with van der Waals surface area (Å²) in [6.45, 7) is 13.8. The highest BCUT2D eigenvalue weighted by molar-refractivity contribution is 7.17. The number of nitrogens with zero attached hydrogens (tertiary/aromatic N) is 4. The van der Waals surface area contributed by atoms with Crippen molar-refractivity contribution in [2.75, 3.05) is 5.32 Å². The smallest absolute Gasteiger partial charge is 0.434 e. The maximum absolute atomic E-state index is 13.7. The highest BCUT2D eigenvalue weighted by Gasteiger charge is 2.41. The Morgan fingerprint density at radius 3 is 1.91 bits per heavy atom. The van der Waals surface area contributed by atoms with Gasteiger partial charge in [-0.1, -0.05) is 24.3 Å². The summed E-state index contributed by atoms with van der Waals surface area (Å²) in [4.78, 5) is 70.3. The molecule has 0 fully saturated rings. The molecular formula is C39H47N5O10S. The summed E-state index contributed by atoms with van der Waals surface area (Å²) >= 11 is 1.57. The van der Waals surface area contributed by atoms with Gasteiger partial charge in [-0.2, -0.15) is 0 Å². The molecule has 2 N–H and O–H groups in total. The van der Waals surface area contributed by atoms with Gasteiger partial charge in [0.2, 0.25) is 5.96 Å². The zero-order chi connectivity index (χ0) is 40.9. The Balaban J connectivity index is 1.56. The van der Waals surface area contributed by atoms with Crippen molar-refractivity contribution in [2.45, 2.75) is 92.3 Å². The zero-order valence-electron chi connectivity index (χ0n) is 32.6. The van der Waals surface area contributed by atoms with Crippen LogP contribution in [0.5, 0.6) is 5.75 Å². The van der Waals surface area contributed by atoms with Crippen molar-refractivity contribution in [2.24, 2.45) is 12.0 Å². The van der Waals surface area contributed by atoms with Crippen molar-refractivity contribution in [3.8, 4) is 5.75 Å². The molecule has 4 aromatic rings. The van der Waals surface area contributed by atoms with Gasteiger partial charge in [0.05, 0.1) is 16.8 Å². The van der Waals surface area contributed by atoms with E-state index >= 15 is 0 Å². The number of rotatable bonds is 7. The minimum absolute atomic E-state index is 0.156. The predicted octanol–water partition coefficient (Wildman–Crippen LogP) is 9.01. The Hall–Kier alpha value is -5.90. The number of nitrogens with one attached hydrogen (secondary N) is 1. The molecule has 2 heterocycles. The van der Waals surface area contributed by atoms with Crippen molar-refractivity contribution < 1.29 is 48.0 Å². The topological polar surface area (TPSA) is 178 Å². The number of benzene rings is 2. The SMILES string of the molecule is Cn1c(C(=O)Nc2cccc(COc3ccc(CN(C(=O)OC(C)(C)C)C(=NC(=O)O)N(C(=O)OC(C)(C)C)C(=O)OC(C)(C)C)cc3)c2)cc2sccc21. The van der Waals surface area contributed by atoms with Crippen LogP contribution < -0.4 is 10.1 Å². The van der Waals surface area contributed by atoms with Crippen LogP contribution in [0.25, 0.3) is 10.2 Å². The van der Waals surface area contributed by atoms with E-state index < -0.39 is 53.7 Å². The second-order valence-corrected chi connectivity index (χ2v) is 16.4. The quantitative estimate of drug-likeness (QED) is 0.105. The number of guanidine groups is 1. The number of fused-ring (bicyclic) bond motifs is 1. The number of imide groups is 1. The van der Waals surface area contributed by atoms with E-state index in [0.29, 0.717) is 22.7 Å². The Labute approximate surface area is 323 Å². The fourth-order valence-corrected chi connectivity index (χ4v) is 5.79. The van der Waals surface area contributed by atoms with E-state index in [2.05, 4.69) is 10.3 Å². The largest absolute Gasteiger partial charge is 0.489 e. The van der Waals surface area contributed by atoms with Gasteiger partial charge in [0.1, 0.15) is 34.9 Å². The van der Waals surface area contributed by atoms with Crippen LogP contribution in [0, 0.1) is 0 Å². The van der Waals surface area contributed by atoms with Crippen molar-refractivity contribution >= 4 is 63.5 Å². The molecule has 294 valence electrons. The first-order chi connectivity index (χ1) is 25.5. The molecule has 0 radical (unpaired) electrons. The highest BCUT2D eigenvalue weighted by atomic mass is 32.1. The number of ether oxygens (including phenoxy) is 4. The summed E-state index contributed by atoms with van der Waals surface area (Å²) in [7, 11) is 1.85. The molecule has 0 aliphatic heterocycles. The van der Waals surface area contributed by atoms with Crippen LogP contribution in [-0.2, 0) is 34.4 Å². The molecule has 15 nitrogen and oxygen atoms in total. The summed E-state index contributed by atoms with van der Waals surface area (Å²) < 4.78 is 25.3. The van der Waals surface area contributed by atoms with Gasteiger partial charge >= 0.3 is 24.4 Å². The number of hydrogen-bond donors (Lipinski definition) is 2. The van der Waals surface area contributed by atoms with Crippen molar-refractivity contribution in [1.29, 1.82) is 0 Å². The number of aliphatic imine (C=N–C) groups is 1. The van der Waals surface area contributed by atoms with Crippen molar-refractivity contribution in [3.05, 3.63) is 82.9 Å². The first-order valence-electron chi connectivity index (χ1n) is 17.2. The van der Waals surface area contributed by atoms with Crippen LogP contribution in [0.4, 0.5) is 24.9 Å². The molecule has 0 saturated carbocycles. The lowest BCUT2D eigenvalue weighted by Gasteiger charge is -2.33. The van der Waals surface area contributed by atoms with E-state index in [1.807, 2.05) is 35.2 Å². The summed E-state index contributed by atoms with van der Waals surface area (Å²) in [6, 6.07) is 17.5. The number of aromatic nitrogens is 1. The average molecular weight is 778 g/mol. The molecule has 5 amide bonds. The van der Waals surface area contributed by atoms with Crippen LogP contribution in [0.15, 0.2) is 71.0 Å². The molecule has 2 aromatic heterocycles. The molecule has 0 atom stereocenters. The monoisotopic (exact) mass is 777 g/mol. The maximum Gasteiger partial charge on any atom is 0.434 e. The molecule has 0 saturated heterocycles. The van der Waals surface area contributed by atoms with Gasteiger partial charge in [0.15, 0.2) is 0 Å². The highest BCUT2D eigenvalue weighted by Crippen LogP contribution is 2.26. The second-order valence-electron chi connectivity index (χ2n) is 15.4. The Bertz CT molecular complexity index is 2050. The number of carboxylic acid groups (broad SMARTS) is 1. The minimum Gasteiger partial charge on any atom is -0.489 e. The Kier molecular flexibility index (Phi) is 12.7. The summed E-state index contributed by atoms with van der Waals surface area (Å²) in [5.74, 6) is -0.698. The molecule has 0 spiro atoms. The van der Waals surface area contributed by atoms with Gasteiger partial charge in [0.25, 0.3) is 5.91 Å². The molecule has 16 heteroatoms. The molecule has 0 aliphatic carbocycles. The third kappa shape index (κ3) is 12.1. The first-order valence-corrected chi connectivity index (χ1v) is 18.1.